The molecule has 0 atom stereocenters. The van der Waals surface area contributed by atoms with Crippen molar-refractivity contribution in [1.29, 1.82) is 0 Å². The summed E-state index contributed by atoms with van der Waals surface area (Å²) in [5, 5.41) is 13.5. The number of nitro groups is 1. The molecule has 8 nitrogen and oxygen atoms in total. The lowest BCUT2D eigenvalue weighted by Crippen LogP contribution is -2.37. The standard InChI is InChI=1S/C19H19N3O5/c1-27-12-18(23)21-10-2-3-13-4-7-15(11-17(13)21)20-19(24)14-5-8-16(9-6-14)22(25)26/h4-9,11H,2-3,10,12H2,1H3,(H,20,24). The van der Waals surface area contributed by atoms with E-state index in [0.29, 0.717) is 17.8 Å². The Hall–Kier alpha value is -3.26. The van der Waals surface area contributed by atoms with Gasteiger partial charge in [-0.25, -0.2) is 0 Å². The van der Waals surface area contributed by atoms with Gasteiger partial charge in [0.05, 0.1) is 4.92 Å². The molecule has 1 aliphatic heterocycles. The SMILES string of the molecule is COCC(=O)N1CCCc2ccc(NC(=O)c3ccc([N+](=O)[O-])cc3)cc21. The van der Waals surface area contributed by atoms with Gasteiger partial charge in [0.1, 0.15) is 6.61 Å². The van der Waals surface area contributed by atoms with Gasteiger partial charge in [0.25, 0.3) is 17.5 Å². The second kappa shape index (κ2) is 7.96. The monoisotopic (exact) mass is 369 g/mol. The van der Waals surface area contributed by atoms with Gasteiger partial charge in [0, 0.05) is 42.7 Å². The molecule has 2 aromatic carbocycles. The van der Waals surface area contributed by atoms with E-state index in [4.69, 9.17) is 4.74 Å². The maximum Gasteiger partial charge on any atom is 0.269 e. The second-order valence-electron chi connectivity index (χ2n) is 6.18. The molecule has 27 heavy (non-hydrogen) atoms. The van der Waals surface area contributed by atoms with Gasteiger partial charge in [-0.05, 0) is 42.7 Å². The molecule has 2 aromatic rings. The highest BCUT2D eigenvalue weighted by Gasteiger charge is 2.23. The Kier molecular flexibility index (Phi) is 5.46. The summed E-state index contributed by atoms with van der Waals surface area (Å²) in [6, 6.07) is 10.8. The van der Waals surface area contributed by atoms with Crippen molar-refractivity contribution in [1.82, 2.24) is 0 Å². The Labute approximate surface area is 155 Å². The third-order valence-electron chi connectivity index (χ3n) is 4.37. The highest BCUT2D eigenvalue weighted by molar-refractivity contribution is 6.05. The van der Waals surface area contributed by atoms with Gasteiger partial charge in [-0.15, -0.1) is 0 Å². The highest BCUT2D eigenvalue weighted by Crippen LogP contribution is 2.30. The van der Waals surface area contributed by atoms with Gasteiger partial charge >= 0.3 is 0 Å². The van der Waals surface area contributed by atoms with Crippen LogP contribution in [0.25, 0.3) is 0 Å². The van der Waals surface area contributed by atoms with Crippen molar-refractivity contribution in [3.8, 4) is 0 Å². The molecule has 0 unspecified atom stereocenters. The fourth-order valence-electron chi connectivity index (χ4n) is 3.05. The minimum Gasteiger partial charge on any atom is -0.375 e. The molecule has 0 aliphatic carbocycles. The van der Waals surface area contributed by atoms with Crippen LogP contribution in [0.3, 0.4) is 0 Å². The lowest BCUT2D eigenvalue weighted by atomic mass is 10.0. The lowest BCUT2D eigenvalue weighted by Gasteiger charge is -2.29. The van der Waals surface area contributed by atoms with Crippen molar-refractivity contribution < 1.29 is 19.2 Å². The van der Waals surface area contributed by atoms with E-state index in [1.807, 2.05) is 6.07 Å². The summed E-state index contributed by atoms with van der Waals surface area (Å²) >= 11 is 0. The quantitative estimate of drug-likeness (QED) is 0.645. The van der Waals surface area contributed by atoms with E-state index in [-0.39, 0.29) is 24.1 Å². The zero-order chi connectivity index (χ0) is 19.4. The molecule has 140 valence electrons. The van der Waals surface area contributed by atoms with E-state index >= 15 is 0 Å². The molecule has 1 N–H and O–H groups in total. The van der Waals surface area contributed by atoms with E-state index in [1.165, 1.54) is 31.4 Å². The third kappa shape index (κ3) is 4.12. The van der Waals surface area contributed by atoms with Crippen LogP contribution >= 0.6 is 0 Å². The van der Waals surface area contributed by atoms with Crippen molar-refractivity contribution in [2.45, 2.75) is 12.8 Å². The molecule has 0 radical (unpaired) electrons. The first-order chi connectivity index (χ1) is 13.0. The van der Waals surface area contributed by atoms with Gasteiger partial charge in [-0.3, -0.25) is 19.7 Å². The number of carbonyl (C=O) groups excluding carboxylic acids is 2. The molecule has 8 heteroatoms. The fourth-order valence-corrected chi connectivity index (χ4v) is 3.05. The van der Waals surface area contributed by atoms with E-state index < -0.39 is 4.92 Å². The second-order valence-corrected chi connectivity index (χ2v) is 6.18. The van der Waals surface area contributed by atoms with E-state index in [0.717, 1.165) is 24.1 Å². The molecule has 3 rings (SSSR count). The summed E-state index contributed by atoms with van der Waals surface area (Å²) in [7, 11) is 1.48. The smallest absolute Gasteiger partial charge is 0.269 e. The van der Waals surface area contributed by atoms with E-state index in [9.17, 15) is 19.7 Å². The first-order valence-corrected chi connectivity index (χ1v) is 8.47. The number of anilines is 2. The van der Waals surface area contributed by atoms with Gasteiger partial charge < -0.3 is 15.0 Å². The third-order valence-corrected chi connectivity index (χ3v) is 4.37. The molecule has 1 heterocycles. The van der Waals surface area contributed by atoms with Crippen LogP contribution in [0, 0.1) is 10.1 Å². The Balaban J connectivity index is 1.79. The minimum absolute atomic E-state index is 0.00117. The van der Waals surface area contributed by atoms with Crippen LogP contribution in [0.15, 0.2) is 42.5 Å². The number of nitro benzene ring substituents is 1. The summed E-state index contributed by atoms with van der Waals surface area (Å²) < 4.78 is 4.94. The number of aryl methyl sites for hydroxylation is 1. The molecule has 0 saturated carbocycles. The first-order valence-electron chi connectivity index (χ1n) is 8.47. The van der Waals surface area contributed by atoms with Crippen molar-refractivity contribution in [3.05, 3.63) is 63.7 Å². The number of methoxy groups -OCH3 is 1. The predicted octanol–water partition coefficient (Wildman–Crippen LogP) is 2.77. The maximum absolute atomic E-state index is 12.4. The number of hydrogen-bond donors (Lipinski definition) is 1. The lowest BCUT2D eigenvalue weighted by molar-refractivity contribution is -0.384. The van der Waals surface area contributed by atoms with Gasteiger partial charge in [-0.2, -0.15) is 0 Å². The maximum atomic E-state index is 12.4. The number of nitrogens with zero attached hydrogens (tertiary/aromatic N) is 2. The van der Waals surface area contributed by atoms with Crippen LogP contribution in [0.4, 0.5) is 17.1 Å². The Morgan fingerprint density at radius 2 is 1.96 bits per heavy atom. The number of non-ortho nitro benzene ring substituents is 1. The molecule has 0 spiro atoms. The summed E-state index contributed by atoms with van der Waals surface area (Å²) in [5.41, 5.74) is 2.59. The zero-order valence-electron chi connectivity index (χ0n) is 14.8. The minimum atomic E-state index is -0.517. The normalized spacial score (nSPS) is 13.0. The van der Waals surface area contributed by atoms with Crippen LogP contribution in [0.2, 0.25) is 0 Å². The average molecular weight is 369 g/mol. The van der Waals surface area contributed by atoms with Gasteiger partial charge in [-0.1, -0.05) is 6.07 Å². The Morgan fingerprint density at radius 1 is 1.22 bits per heavy atom. The number of benzene rings is 2. The summed E-state index contributed by atoms with van der Waals surface area (Å²) in [6.45, 7) is 0.605. The number of nitrogens with one attached hydrogen (secondary N) is 1. The van der Waals surface area contributed by atoms with Crippen molar-refractivity contribution in [3.63, 3.8) is 0 Å². The van der Waals surface area contributed by atoms with Crippen LogP contribution < -0.4 is 10.2 Å². The number of amides is 2. The highest BCUT2D eigenvalue weighted by atomic mass is 16.6. The van der Waals surface area contributed by atoms with Crippen LogP contribution in [0.5, 0.6) is 0 Å². The molecule has 1 aliphatic rings. The predicted molar refractivity (Wildman–Crippen MR) is 100 cm³/mol. The number of ether oxygens (including phenoxy) is 1. The number of carbonyl (C=O) groups is 2. The summed E-state index contributed by atoms with van der Waals surface area (Å²) in [5.74, 6) is -0.507. The Bertz CT molecular complexity index is 879. The van der Waals surface area contributed by atoms with Crippen LogP contribution in [0.1, 0.15) is 22.3 Å². The summed E-state index contributed by atoms with van der Waals surface area (Å²) in [6.07, 6.45) is 1.74. The number of rotatable bonds is 5. The average Bonchev–Trinajstić information content (AvgIpc) is 2.67. The fraction of sp³-hybridized carbons (Fsp3) is 0.263. The van der Waals surface area contributed by atoms with E-state index in [1.54, 1.807) is 17.0 Å². The summed E-state index contributed by atoms with van der Waals surface area (Å²) in [4.78, 5) is 36.5. The van der Waals surface area contributed by atoms with Crippen molar-refractivity contribution in [2.75, 3.05) is 30.5 Å². The van der Waals surface area contributed by atoms with Crippen LogP contribution in [-0.4, -0.2) is 37.0 Å². The Morgan fingerprint density at radius 3 is 2.63 bits per heavy atom. The number of hydrogen-bond acceptors (Lipinski definition) is 5. The first kappa shape index (κ1) is 18.5. The van der Waals surface area contributed by atoms with Crippen molar-refractivity contribution >= 4 is 28.9 Å². The van der Waals surface area contributed by atoms with E-state index in [2.05, 4.69) is 5.32 Å². The molecule has 0 fully saturated rings. The molecule has 2 amide bonds. The molecular weight excluding hydrogens is 350 g/mol. The van der Waals surface area contributed by atoms with Gasteiger partial charge in [0.2, 0.25) is 0 Å². The van der Waals surface area contributed by atoms with Crippen molar-refractivity contribution in [2.24, 2.45) is 0 Å². The molecule has 0 saturated heterocycles. The van der Waals surface area contributed by atoms with Gasteiger partial charge in [0.15, 0.2) is 0 Å². The largest absolute Gasteiger partial charge is 0.375 e. The zero-order valence-corrected chi connectivity index (χ0v) is 14.8. The number of fused-ring (bicyclic) bond motifs is 1. The molecule has 0 bridgehead atoms. The topological polar surface area (TPSA) is 102 Å². The van der Waals surface area contributed by atoms with Crippen LogP contribution in [-0.2, 0) is 16.0 Å². The molecule has 0 aromatic heterocycles. The molecular formula is C19H19N3O5.